The molecular formula is C12H16BrNO3. The molecule has 0 saturated heterocycles. The minimum absolute atomic E-state index is 0.353. The molecular weight excluding hydrogens is 286 g/mol. The van der Waals surface area contributed by atoms with Gasteiger partial charge in [-0.05, 0) is 28.8 Å². The molecule has 1 aromatic rings. The van der Waals surface area contributed by atoms with Gasteiger partial charge in [0.05, 0.1) is 31.4 Å². The first-order valence-electron chi connectivity index (χ1n) is 5.35. The van der Waals surface area contributed by atoms with Crippen LogP contribution >= 0.6 is 15.9 Å². The average Bonchev–Trinajstić information content (AvgIpc) is 3.06. The van der Waals surface area contributed by atoms with Crippen LogP contribution in [0.3, 0.4) is 0 Å². The molecule has 0 aromatic heterocycles. The average molecular weight is 302 g/mol. The highest BCUT2D eigenvalue weighted by atomic mass is 79.9. The molecule has 2 rings (SSSR count). The molecule has 1 aliphatic carbocycles. The summed E-state index contributed by atoms with van der Waals surface area (Å²) in [7, 11) is 4.85. The Balaban J connectivity index is 2.69. The normalized spacial score (nSPS) is 16.5. The summed E-state index contributed by atoms with van der Waals surface area (Å²) in [5.41, 5.74) is 6.81. The van der Waals surface area contributed by atoms with Gasteiger partial charge in [-0.25, -0.2) is 0 Å². The second-order valence-electron chi connectivity index (χ2n) is 4.16. The molecule has 17 heavy (non-hydrogen) atoms. The highest BCUT2D eigenvalue weighted by Gasteiger charge is 2.46. The Hall–Kier alpha value is -0.940. The third-order valence-corrected chi connectivity index (χ3v) is 3.66. The quantitative estimate of drug-likeness (QED) is 0.928. The number of nitrogens with two attached hydrogens (primary N) is 1. The first kappa shape index (κ1) is 12.5. The van der Waals surface area contributed by atoms with Gasteiger partial charge in [0.25, 0.3) is 0 Å². The van der Waals surface area contributed by atoms with E-state index in [1.165, 1.54) is 0 Å². The molecule has 0 spiro atoms. The highest BCUT2D eigenvalue weighted by molar-refractivity contribution is 9.10. The summed E-state index contributed by atoms with van der Waals surface area (Å²) in [5.74, 6) is 2.04. The Morgan fingerprint density at radius 1 is 1.12 bits per heavy atom. The molecule has 0 radical (unpaired) electrons. The third kappa shape index (κ3) is 1.98. The van der Waals surface area contributed by atoms with Crippen LogP contribution in [0.15, 0.2) is 10.5 Å². The zero-order chi connectivity index (χ0) is 12.6. The molecule has 1 aromatic carbocycles. The van der Waals surface area contributed by atoms with Gasteiger partial charge in [0.15, 0.2) is 11.5 Å². The Kier molecular flexibility index (Phi) is 3.23. The molecule has 0 atom stereocenters. The van der Waals surface area contributed by atoms with Gasteiger partial charge in [0.1, 0.15) is 5.75 Å². The number of benzene rings is 1. The molecule has 4 nitrogen and oxygen atoms in total. The molecule has 94 valence electrons. The molecule has 0 aliphatic heterocycles. The van der Waals surface area contributed by atoms with Gasteiger partial charge in [-0.2, -0.15) is 0 Å². The standard InChI is InChI=1S/C12H16BrNO3/c1-15-8-6-7(13)10(16-2)9(11(8)17-3)12(14)4-5-12/h6H,4-5,14H2,1-3H3. The van der Waals surface area contributed by atoms with E-state index >= 15 is 0 Å². The molecule has 1 fully saturated rings. The van der Waals surface area contributed by atoms with E-state index < -0.39 is 0 Å². The van der Waals surface area contributed by atoms with E-state index in [4.69, 9.17) is 19.9 Å². The summed E-state index contributed by atoms with van der Waals surface area (Å²) in [6, 6.07) is 1.83. The number of methoxy groups -OCH3 is 3. The van der Waals surface area contributed by atoms with Crippen LogP contribution in [0.1, 0.15) is 18.4 Å². The monoisotopic (exact) mass is 301 g/mol. The van der Waals surface area contributed by atoms with E-state index in [1.54, 1.807) is 21.3 Å². The summed E-state index contributed by atoms with van der Waals surface area (Å²) in [6.07, 6.45) is 1.86. The lowest BCUT2D eigenvalue weighted by molar-refractivity contribution is 0.338. The van der Waals surface area contributed by atoms with Gasteiger partial charge in [0.2, 0.25) is 0 Å². The van der Waals surface area contributed by atoms with Crippen molar-refractivity contribution < 1.29 is 14.2 Å². The number of hydrogen-bond acceptors (Lipinski definition) is 4. The van der Waals surface area contributed by atoms with Gasteiger partial charge in [-0.3, -0.25) is 0 Å². The number of halogens is 1. The maximum Gasteiger partial charge on any atom is 0.169 e. The van der Waals surface area contributed by atoms with Crippen molar-refractivity contribution in [1.29, 1.82) is 0 Å². The minimum atomic E-state index is -0.353. The Morgan fingerprint density at radius 3 is 2.12 bits per heavy atom. The lowest BCUT2D eigenvalue weighted by Gasteiger charge is -2.21. The van der Waals surface area contributed by atoms with Crippen LogP contribution < -0.4 is 19.9 Å². The molecule has 5 heteroatoms. The SMILES string of the molecule is COc1cc(Br)c(OC)c(C2(N)CC2)c1OC. The van der Waals surface area contributed by atoms with Crippen molar-refractivity contribution in [3.8, 4) is 17.2 Å². The van der Waals surface area contributed by atoms with Crippen molar-refractivity contribution in [2.24, 2.45) is 5.73 Å². The van der Waals surface area contributed by atoms with Crippen molar-refractivity contribution in [2.75, 3.05) is 21.3 Å². The Bertz CT molecular complexity index is 444. The molecule has 1 aliphatic rings. The van der Waals surface area contributed by atoms with Crippen LogP contribution in [0.25, 0.3) is 0 Å². The zero-order valence-electron chi connectivity index (χ0n) is 10.2. The first-order chi connectivity index (χ1) is 8.07. The smallest absolute Gasteiger partial charge is 0.169 e. The first-order valence-corrected chi connectivity index (χ1v) is 6.14. The Morgan fingerprint density at radius 2 is 1.71 bits per heavy atom. The molecule has 1 saturated carbocycles. The molecule has 0 bridgehead atoms. The van der Waals surface area contributed by atoms with Crippen LogP contribution in [0.4, 0.5) is 0 Å². The summed E-state index contributed by atoms with van der Waals surface area (Å²) < 4.78 is 17.0. The number of hydrogen-bond donors (Lipinski definition) is 1. The van der Waals surface area contributed by atoms with Crippen LogP contribution in [0.5, 0.6) is 17.2 Å². The molecule has 2 N–H and O–H groups in total. The molecule has 0 heterocycles. The van der Waals surface area contributed by atoms with E-state index in [0.717, 1.165) is 28.6 Å². The fourth-order valence-electron chi connectivity index (χ4n) is 1.98. The fourth-order valence-corrected chi connectivity index (χ4v) is 2.55. The number of rotatable bonds is 4. The predicted octanol–water partition coefficient (Wildman–Crippen LogP) is 2.42. The van der Waals surface area contributed by atoms with Crippen LogP contribution in [-0.2, 0) is 5.54 Å². The van der Waals surface area contributed by atoms with Crippen LogP contribution in [0.2, 0.25) is 0 Å². The van der Waals surface area contributed by atoms with E-state index in [2.05, 4.69) is 15.9 Å². The van der Waals surface area contributed by atoms with Crippen molar-refractivity contribution in [1.82, 2.24) is 0 Å². The topological polar surface area (TPSA) is 53.7 Å². The van der Waals surface area contributed by atoms with Crippen molar-refractivity contribution in [3.63, 3.8) is 0 Å². The fraction of sp³-hybridized carbons (Fsp3) is 0.500. The zero-order valence-corrected chi connectivity index (χ0v) is 11.8. The van der Waals surface area contributed by atoms with Gasteiger partial charge in [-0.1, -0.05) is 0 Å². The van der Waals surface area contributed by atoms with Gasteiger partial charge < -0.3 is 19.9 Å². The van der Waals surface area contributed by atoms with E-state index in [9.17, 15) is 0 Å². The Labute approximate surface area is 109 Å². The van der Waals surface area contributed by atoms with E-state index in [0.29, 0.717) is 11.5 Å². The third-order valence-electron chi connectivity index (χ3n) is 3.07. The number of ether oxygens (including phenoxy) is 3. The van der Waals surface area contributed by atoms with E-state index in [1.807, 2.05) is 6.07 Å². The lowest BCUT2D eigenvalue weighted by Crippen LogP contribution is -2.21. The summed E-state index contributed by atoms with van der Waals surface area (Å²) in [5, 5.41) is 0. The van der Waals surface area contributed by atoms with Crippen molar-refractivity contribution >= 4 is 15.9 Å². The van der Waals surface area contributed by atoms with Crippen molar-refractivity contribution in [2.45, 2.75) is 18.4 Å². The maximum absolute atomic E-state index is 6.28. The minimum Gasteiger partial charge on any atom is -0.495 e. The molecule has 0 amide bonds. The summed E-state index contributed by atoms with van der Waals surface area (Å²) in [6.45, 7) is 0. The summed E-state index contributed by atoms with van der Waals surface area (Å²) >= 11 is 3.47. The van der Waals surface area contributed by atoms with Crippen LogP contribution in [-0.4, -0.2) is 21.3 Å². The predicted molar refractivity (Wildman–Crippen MR) is 68.9 cm³/mol. The van der Waals surface area contributed by atoms with Gasteiger partial charge in [-0.15, -0.1) is 0 Å². The van der Waals surface area contributed by atoms with Crippen LogP contribution in [0, 0.1) is 0 Å². The maximum atomic E-state index is 6.28. The second-order valence-corrected chi connectivity index (χ2v) is 5.01. The van der Waals surface area contributed by atoms with Gasteiger partial charge in [0, 0.05) is 11.6 Å². The second kappa shape index (κ2) is 4.38. The summed E-state index contributed by atoms with van der Waals surface area (Å²) in [4.78, 5) is 0. The lowest BCUT2D eigenvalue weighted by atomic mass is 10.0. The largest absolute Gasteiger partial charge is 0.495 e. The highest BCUT2D eigenvalue weighted by Crippen LogP contribution is 2.55. The van der Waals surface area contributed by atoms with Gasteiger partial charge >= 0.3 is 0 Å². The van der Waals surface area contributed by atoms with Crippen molar-refractivity contribution in [3.05, 3.63) is 16.1 Å². The van der Waals surface area contributed by atoms with E-state index in [-0.39, 0.29) is 5.54 Å². The molecule has 0 unspecified atom stereocenters.